The molecule has 0 saturated heterocycles. The molecule has 0 bridgehead atoms. The summed E-state index contributed by atoms with van der Waals surface area (Å²) in [5.41, 5.74) is 9.73. The second kappa shape index (κ2) is 6.21. The molecule has 2 aliphatic heterocycles. The summed E-state index contributed by atoms with van der Waals surface area (Å²) >= 11 is 3.60. The number of aliphatic imine (C=N–C) groups is 2. The van der Waals surface area contributed by atoms with E-state index in [2.05, 4.69) is 71.4 Å². The van der Waals surface area contributed by atoms with E-state index in [1.165, 1.54) is 53.8 Å². The Morgan fingerprint density at radius 1 is 0.600 bits per heavy atom. The van der Waals surface area contributed by atoms with Crippen molar-refractivity contribution in [3.05, 3.63) is 93.7 Å². The Morgan fingerprint density at radius 3 is 1.57 bits per heavy atom. The molecule has 0 atom stereocenters. The van der Waals surface area contributed by atoms with Gasteiger partial charge < -0.3 is 0 Å². The summed E-state index contributed by atoms with van der Waals surface area (Å²) in [5.74, 6) is 0. The molecule has 2 aromatic heterocycles. The van der Waals surface area contributed by atoms with E-state index >= 15 is 0 Å². The Hall–Kier alpha value is -3.08. The van der Waals surface area contributed by atoms with Gasteiger partial charge in [-0.1, -0.05) is 36.4 Å². The monoisotopic (exact) mass is 420 g/mol. The number of nitrogens with zero attached hydrogens (tertiary/aromatic N) is 2. The van der Waals surface area contributed by atoms with Crippen molar-refractivity contribution in [2.75, 3.05) is 0 Å². The van der Waals surface area contributed by atoms with Crippen LogP contribution in [-0.4, -0.2) is 11.4 Å². The van der Waals surface area contributed by atoms with Crippen LogP contribution in [0.15, 0.2) is 81.4 Å². The van der Waals surface area contributed by atoms with Gasteiger partial charge in [0, 0.05) is 54.9 Å². The zero-order chi connectivity index (χ0) is 19.7. The van der Waals surface area contributed by atoms with Crippen LogP contribution in [0.3, 0.4) is 0 Å². The van der Waals surface area contributed by atoms with Crippen LogP contribution in [0.5, 0.6) is 0 Å². The lowest BCUT2D eigenvalue weighted by molar-refractivity contribution is 1.33. The van der Waals surface area contributed by atoms with Crippen LogP contribution in [0.25, 0.3) is 20.2 Å². The van der Waals surface area contributed by atoms with E-state index in [-0.39, 0.29) is 0 Å². The molecule has 30 heavy (non-hydrogen) atoms. The molecule has 0 aliphatic carbocycles. The highest BCUT2D eigenvalue weighted by molar-refractivity contribution is 7.18. The van der Waals surface area contributed by atoms with E-state index in [4.69, 9.17) is 9.98 Å². The molecule has 2 nitrogen and oxygen atoms in total. The van der Waals surface area contributed by atoms with Gasteiger partial charge in [-0.25, -0.2) is 0 Å². The highest BCUT2D eigenvalue weighted by Gasteiger charge is 2.24. The van der Waals surface area contributed by atoms with E-state index in [0.29, 0.717) is 0 Å². The highest BCUT2D eigenvalue weighted by atomic mass is 32.1. The summed E-state index contributed by atoms with van der Waals surface area (Å²) in [6, 6.07) is 21.7. The van der Waals surface area contributed by atoms with Gasteiger partial charge in [0.15, 0.2) is 0 Å². The Bertz CT molecular complexity index is 1430. The molecular weight excluding hydrogens is 404 g/mol. The Morgan fingerprint density at radius 2 is 1.07 bits per heavy atom. The molecule has 142 valence electrons. The molecule has 4 heterocycles. The molecular formula is C26H16N2S2. The predicted molar refractivity (Wildman–Crippen MR) is 130 cm³/mol. The van der Waals surface area contributed by atoms with Crippen molar-refractivity contribution in [3.8, 4) is 0 Å². The lowest BCUT2D eigenvalue weighted by Gasteiger charge is -2.01. The van der Waals surface area contributed by atoms with Crippen LogP contribution in [-0.2, 0) is 12.8 Å². The largest absolute Gasteiger partial charge is 0.252 e. The minimum absolute atomic E-state index is 0.884. The standard InChI is InChI=1S/C26H16N2S2/c1-3-7-25-17(5-1)19(13-29-25)23-11-15-9-22-16(10-21(15)27-23)12-24(28-22)20-14-30-26-8-4-2-6-18(20)26/h1-10,13-14H,11-12H2. The van der Waals surface area contributed by atoms with E-state index in [9.17, 15) is 0 Å². The second-order valence-electron chi connectivity index (χ2n) is 7.87. The number of fused-ring (bicyclic) bond motifs is 4. The fourth-order valence-corrected chi connectivity index (χ4v) is 6.54. The molecule has 2 aliphatic rings. The third-order valence-corrected chi connectivity index (χ3v) is 8.02. The number of benzene rings is 3. The van der Waals surface area contributed by atoms with Crippen LogP contribution in [0.4, 0.5) is 11.4 Å². The highest BCUT2D eigenvalue weighted by Crippen LogP contribution is 2.41. The number of hydrogen-bond donors (Lipinski definition) is 0. The normalized spacial score (nSPS) is 14.8. The summed E-state index contributed by atoms with van der Waals surface area (Å²) in [7, 11) is 0. The molecule has 0 amide bonds. The summed E-state index contributed by atoms with van der Waals surface area (Å²) < 4.78 is 2.65. The van der Waals surface area contributed by atoms with Crippen LogP contribution in [0.2, 0.25) is 0 Å². The SMILES string of the molecule is c1ccc2c(C3=Nc4cc5c(cc4C3)N=C(c3csc4ccccc34)C5)csc2c1. The van der Waals surface area contributed by atoms with Gasteiger partial charge in [0.2, 0.25) is 0 Å². The lowest BCUT2D eigenvalue weighted by Crippen LogP contribution is -1.98. The summed E-state index contributed by atoms with van der Waals surface area (Å²) in [4.78, 5) is 10.1. The maximum atomic E-state index is 5.03. The van der Waals surface area contributed by atoms with E-state index in [1.54, 1.807) is 22.7 Å². The topological polar surface area (TPSA) is 24.7 Å². The van der Waals surface area contributed by atoms with Gasteiger partial charge in [-0.2, -0.15) is 0 Å². The smallest absolute Gasteiger partial charge is 0.0673 e. The maximum Gasteiger partial charge on any atom is 0.0673 e. The van der Waals surface area contributed by atoms with Gasteiger partial charge in [0.05, 0.1) is 22.8 Å². The molecule has 4 heteroatoms. The number of thiophene rings is 2. The third kappa shape index (κ3) is 2.41. The molecule has 0 N–H and O–H groups in total. The first-order valence-corrected chi connectivity index (χ1v) is 11.8. The van der Waals surface area contributed by atoms with Crippen molar-refractivity contribution in [1.29, 1.82) is 0 Å². The fourth-order valence-electron chi connectivity index (χ4n) is 4.60. The van der Waals surface area contributed by atoms with Crippen LogP contribution < -0.4 is 0 Å². The molecule has 0 unspecified atom stereocenters. The van der Waals surface area contributed by atoms with Gasteiger partial charge in [0.25, 0.3) is 0 Å². The van der Waals surface area contributed by atoms with Gasteiger partial charge >= 0.3 is 0 Å². The Kier molecular flexibility index (Phi) is 3.45. The lowest BCUT2D eigenvalue weighted by atomic mass is 10.00. The first-order valence-electron chi connectivity index (χ1n) is 10.1. The van der Waals surface area contributed by atoms with Crippen LogP contribution >= 0.6 is 22.7 Å². The Balaban J connectivity index is 1.25. The molecule has 0 spiro atoms. The Labute approximate surface area is 181 Å². The fraction of sp³-hybridized carbons (Fsp3) is 0.0769. The quantitative estimate of drug-likeness (QED) is 0.283. The van der Waals surface area contributed by atoms with E-state index in [1.807, 2.05) is 0 Å². The average Bonchev–Trinajstić information content (AvgIpc) is 3.53. The van der Waals surface area contributed by atoms with Crippen molar-refractivity contribution < 1.29 is 0 Å². The van der Waals surface area contributed by atoms with Gasteiger partial charge in [-0.3, -0.25) is 9.98 Å². The maximum absolute atomic E-state index is 5.03. The summed E-state index contributed by atoms with van der Waals surface area (Å²) in [5, 5.41) is 7.12. The van der Waals surface area contributed by atoms with Crippen molar-refractivity contribution in [2.24, 2.45) is 9.98 Å². The van der Waals surface area contributed by atoms with Crippen molar-refractivity contribution in [3.63, 3.8) is 0 Å². The molecule has 3 aromatic carbocycles. The molecule has 0 saturated carbocycles. The van der Waals surface area contributed by atoms with Crippen LogP contribution in [0, 0.1) is 0 Å². The first kappa shape index (κ1) is 16.7. The molecule has 7 rings (SSSR count). The second-order valence-corrected chi connectivity index (χ2v) is 9.69. The van der Waals surface area contributed by atoms with Gasteiger partial charge in [0.1, 0.15) is 0 Å². The number of hydrogen-bond acceptors (Lipinski definition) is 4. The van der Waals surface area contributed by atoms with E-state index in [0.717, 1.165) is 24.2 Å². The predicted octanol–water partition coefficient (Wildman–Crippen LogP) is 7.47. The van der Waals surface area contributed by atoms with Crippen molar-refractivity contribution in [1.82, 2.24) is 0 Å². The van der Waals surface area contributed by atoms with E-state index < -0.39 is 0 Å². The van der Waals surface area contributed by atoms with Gasteiger partial charge in [-0.05, 0) is 35.4 Å². The molecule has 5 aromatic rings. The average molecular weight is 421 g/mol. The zero-order valence-electron chi connectivity index (χ0n) is 16.1. The first-order chi connectivity index (χ1) is 14.8. The van der Waals surface area contributed by atoms with Gasteiger partial charge in [-0.15, -0.1) is 22.7 Å². The van der Waals surface area contributed by atoms with Crippen molar-refractivity contribution >= 4 is 65.6 Å². The summed E-state index contributed by atoms with van der Waals surface area (Å²) in [6.07, 6.45) is 1.77. The third-order valence-electron chi connectivity index (χ3n) is 6.09. The molecule has 0 radical (unpaired) electrons. The van der Waals surface area contributed by atoms with Crippen molar-refractivity contribution in [2.45, 2.75) is 12.8 Å². The van der Waals surface area contributed by atoms with Crippen LogP contribution in [0.1, 0.15) is 22.3 Å². The number of rotatable bonds is 2. The minimum atomic E-state index is 0.884. The summed E-state index contributed by atoms with van der Waals surface area (Å²) in [6.45, 7) is 0. The minimum Gasteiger partial charge on any atom is -0.252 e. The molecule has 0 fully saturated rings. The zero-order valence-corrected chi connectivity index (χ0v) is 17.7.